The normalized spacial score (nSPS) is 52.8. The summed E-state index contributed by atoms with van der Waals surface area (Å²) in [6.07, 6.45) is 36.0. The lowest BCUT2D eigenvalue weighted by molar-refractivity contribution is -0.253. The number of carbonyl (C=O) groups excluding carboxylic acids is 1. The quantitative estimate of drug-likeness (QED) is 0.0308. The van der Waals surface area contributed by atoms with Crippen LogP contribution in [0.1, 0.15) is 316 Å². The van der Waals surface area contributed by atoms with Crippen LogP contribution in [0.5, 0.6) is 0 Å². The number of nitrogens with two attached hydrogens (primary N) is 1. The minimum absolute atomic E-state index is 0.0281. The van der Waals surface area contributed by atoms with E-state index >= 15 is 0 Å². The molecule has 0 spiro atoms. The van der Waals surface area contributed by atoms with Crippen LogP contribution in [0.3, 0.4) is 0 Å². The molecule has 11 heteroatoms. The molecule has 0 aromatic rings. The predicted molar refractivity (Wildman–Crippen MR) is 452 cm³/mol. The lowest BCUT2D eigenvalue weighted by atomic mass is 9.31. The number of allylic oxidation sites excluding steroid dienone is 4. The minimum atomic E-state index is -0.420. The summed E-state index contributed by atoms with van der Waals surface area (Å²) in [5.41, 5.74) is 12.0. The third-order valence-corrected chi connectivity index (χ3v) is 43.4. The monoisotopic (exact) mass is 1540 g/mol. The van der Waals surface area contributed by atoms with Crippen LogP contribution in [-0.4, -0.2) is 93.4 Å². The molecular formula is C100H164N2O9. The number of hydrogen-bond acceptors (Lipinski definition) is 11. The van der Waals surface area contributed by atoms with Gasteiger partial charge in [0.1, 0.15) is 6.61 Å². The van der Waals surface area contributed by atoms with Crippen molar-refractivity contribution in [2.24, 2.45) is 182 Å². The van der Waals surface area contributed by atoms with Crippen molar-refractivity contribution in [3.8, 4) is 0 Å². The van der Waals surface area contributed by atoms with E-state index in [1.807, 2.05) is 0 Å². The van der Waals surface area contributed by atoms with E-state index in [0.29, 0.717) is 105 Å². The maximum absolute atomic E-state index is 11.6. The number of rotatable bonds is 16. The molecule has 0 saturated heterocycles. The highest BCUT2D eigenvalue weighted by Gasteiger charge is 2.76. The summed E-state index contributed by atoms with van der Waals surface area (Å²) >= 11 is 0. The zero-order valence-corrected chi connectivity index (χ0v) is 73.5. The molecule has 111 heavy (non-hydrogen) atoms. The van der Waals surface area contributed by atoms with Crippen LogP contribution in [-0.2, 0) is 9.53 Å². The number of nitrogens with one attached hydrogen (secondary N) is 1. The van der Waals surface area contributed by atoms with E-state index in [2.05, 4.69) is 142 Å². The van der Waals surface area contributed by atoms with Gasteiger partial charge < -0.3 is 51.5 Å². The zero-order chi connectivity index (χ0) is 81.2. The van der Waals surface area contributed by atoms with Gasteiger partial charge in [-0.3, -0.25) is 4.79 Å². The number of aliphatic hydroxyl groups is 7. The number of hydrogen-bond donors (Lipinski definition) is 9. The molecule has 10 N–H and O–H groups in total. The fraction of sp³-hybridized carbons (Fsp3) is 0.870. The first-order valence-electron chi connectivity index (χ1n) is 46.1. The van der Waals surface area contributed by atoms with Crippen LogP contribution in [0.4, 0.5) is 0 Å². The van der Waals surface area contributed by atoms with Crippen LogP contribution < -0.4 is 11.1 Å². The van der Waals surface area contributed by atoms with Gasteiger partial charge in [0.2, 0.25) is 0 Å². The predicted octanol–water partition coefficient (Wildman–Crippen LogP) is 21.7. The van der Waals surface area contributed by atoms with Crippen molar-refractivity contribution in [3.05, 3.63) is 73.4 Å². The van der Waals surface area contributed by atoms with Crippen molar-refractivity contribution < 1.29 is 45.3 Å². The van der Waals surface area contributed by atoms with Crippen molar-refractivity contribution in [1.29, 1.82) is 0 Å². The van der Waals surface area contributed by atoms with Gasteiger partial charge >= 0.3 is 5.97 Å². The van der Waals surface area contributed by atoms with E-state index in [0.717, 1.165) is 145 Å². The molecule has 11 nitrogen and oxygen atoms in total. The number of ether oxygens (including phenoxy) is 1. The number of esters is 1. The molecule has 15 aliphatic rings. The molecule has 15 rings (SSSR count). The Labute approximate surface area is 675 Å². The van der Waals surface area contributed by atoms with E-state index in [4.69, 9.17) is 17.0 Å². The van der Waals surface area contributed by atoms with Gasteiger partial charge in [0.25, 0.3) is 0 Å². The smallest absolute Gasteiger partial charge is 0.302 e. The second kappa shape index (κ2) is 29.5. The molecule has 0 radical (unpaired) electrons. The SMILES string of the molecule is C=C(C)[C@@H]1CC[C@]2(C(=C)NCCCN)CC[C@]3(C)C(CC[C@@H]4[C@@]5(C)CC[C@H](O)[C@@](C)(CO)[C@@H]5CC[C@]43C)[C@@H]12.C=C(CO)[C@@H]1CC[C@]2(C(=C)O)CC[C@]3(C)C(CC[C@@H]4[C@@]5(C)CC[C@H](O)[C@@](C)(CO)[C@@H]5CC[C@]43C)[C@@H]12.C=C(COC(C)=O)[C@@H]1CC[C@]2(C(=C)O)CC[C@]3(C)C(CC[C@@H]4[C@@]5(C)CC[C@H](C)[C@@](C)(CC)[C@@H]5CC[C@]43C)[C@@H]12. The zero-order valence-electron chi connectivity index (χ0n) is 73.5. The van der Waals surface area contributed by atoms with Crippen molar-refractivity contribution in [2.45, 2.75) is 328 Å². The molecule has 0 heterocycles. The highest BCUT2D eigenvalue weighted by molar-refractivity contribution is 5.66. The molecule has 0 bridgehead atoms. The largest absolute Gasteiger partial charge is 0.512 e. The van der Waals surface area contributed by atoms with E-state index in [9.17, 15) is 40.5 Å². The summed E-state index contributed by atoms with van der Waals surface area (Å²) in [6.45, 7) is 67.6. The van der Waals surface area contributed by atoms with Crippen LogP contribution in [0.25, 0.3) is 0 Å². The summed E-state index contributed by atoms with van der Waals surface area (Å²) < 4.78 is 5.44. The first-order valence-corrected chi connectivity index (χ1v) is 46.1. The second-order valence-electron chi connectivity index (χ2n) is 45.8. The van der Waals surface area contributed by atoms with Crippen LogP contribution >= 0.6 is 0 Å². The third-order valence-electron chi connectivity index (χ3n) is 43.4. The maximum Gasteiger partial charge on any atom is 0.302 e. The second-order valence-corrected chi connectivity index (χ2v) is 45.8. The van der Waals surface area contributed by atoms with Crippen LogP contribution in [0.15, 0.2) is 73.4 Å². The van der Waals surface area contributed by atoms with E-state index in [-0.39, 0.29) is 97.9 Å². The Morgan fingerprint density at radius 2 is 0.802 bits per heavy atom. The van der Waals surface area contributed by atoms with Gasteiger partial charge in [-0.2, -0.15) is 0 Å². The summed E-state index contributed by atoms with van der Waals surface area (Å²) in [5.74, 6) is 8.99. The van der Waals surface area contributed by atoms with E-state index in [1.54, 1.807) is 0 Å². The average Bonchev–Trinajstić information content (AvgIpc) is 1.64. The molecule has 0 aromatic heterocycles. The average molecular weight is 1540 g/mol. The van der Waals surface area contributed by atoms with Gasteiger partial charge in [0.05, 0.1) is 43.5 Å². The molecular weight excluding hydrogens is 1370 g/mol. The van der Waals surface area contributed by atoms with Crippen LogP contribution in [0, 0.1) is 176 Å². The van der Waals surface area contributed by atoms with Gasteiger partial charge in [-0.05, 0) is 372 Å². The van der Waals surface area contributed by atoms with Gasteiger partial charge in [-0.15, -0.1) is 0 Å². The summed E-state index contributed by atoms with van der Waals surface area (Å²) in [7, 11) is 0. The molecule has 0 aliphatic heterocycles. The Hall–Kier alpha value is -2.93. The topological polar surface area (TPSA) is 206 Å². The molecule has 0 aromatic carbocycles. The summed E-state index contributed by atoms with van der Waals surface area (Å²) in [4.78, 5) is 11.6. The van der Waals surface area contributed by atoms with Crippen molar-refractivity contribution in [1.82, 2.24) is 5.32 Å². The first kappa shape index (κ1) is 85.9. The van der Waals surface area contributed by atoms with E-state index < -0.39 is 11.5 Å². The number of carbonyl (C=O) groups is 1. The minimum Gasteiger partial charge on any atom is -0.512 e. The highest BCUT2D eigenvalue weighted by atomic mass is 16.5. The molecule has 3 unspecified atom stereocenters. The van der Waals surface area contributed by atoms with Crippen LogP contribution in [0.2, 0.25) is 0 Å². The number of fused-ring (bicyclic) bond motifs is 21. The fourth-order valence-electron chi connectivity index (χ4n) is 36.3. The summed E-state index contributed by atoms with van der Waals surface area (Å²) in [6, 6.07) is 0. The van der Waals surface area contributed by atoms with Crippen molar-refractivity contribution in [3.63, 3.8) is 0 Å². The van der Waals surface area contributed by atoms with Gasteiger partial charge in [0, 0.05) is 46.2 Å². The Bertz CT molecular complexity index is 3570. The lowest BCUT2D eigenvalue weighted by Gasteiger charge is -2.73. The Morgan fingerprint density at radius 1 is 0.432 bits per heavy atom. The van der Waals surface area contributed by atoms with Gasteiger partial charge in [0.15, 0.2) is 0 Å². The van der Waals surface area contributed by atoms with Crippen molar-refractivity contribution >= 4 is 5.97 Å². The molecule has 0 amide bonds. The highest BCUT2D eigenvalue weighted by Crippen LogP contribution is 2.83. The lowest BCUT2D eigenvalue weighted by Crippen LogP contribution is -2.67. The number of aliphatic hydroxyl groups excluding tert-OH is 7. The molecule has 628 valence electrons. The Balaban J connectivity index is 0.000000146. The molecule has 15 aliphatic carbocycles. The molecule has 33 atom stereocenters. The standard InChI is InChI=1S/C35H56O3.C34H58N2O2.C31H50O4/c1-10-31(6)23(3)13-16-32(7)28(31)15-17-34(9)29(32)12-11-27-30-26(22(2)21-38-25(5)37)14-18-35(30,24(4)36)20-19-33(27,34)8;1-22(2)24-11-16-34(23(3)36-20-8-19-35)18-17-32(6)25(29(24)34)9-10-27-30(4)14-13-28(38)31(5,21-37)26(30)12-15-33(27,32)7;1-19(17-32)21-9-14-31(20(2)34)16-15-29(5)22(26(21)31)7-8-24-27(3)12-11-25(35)28(4,18-33)23(27)10-13-30(24,29)6/h23,26-30,36H,2,4,10-21H2,1,3,5-9H3;24-29,36-38H,1,3,8-21,35H2,2,4-7H3;21-26,32-35H,1-2,7-18H2,3-6H3/t23-,26-,27?,28-,29+,30+,31+,32-,33+,34+,35+;24-,25?,26+,27+,28-,29+,30-,31-,32+,33+,34+;21-,22?,23+,24+,25-,26+,27-,28-,29+,30+,31+/m000/s1. The Morgan fingerprint density at radius 3 is 1.17 bits per heavy atom. The summed E-state index contributed by atoms with van der Waals surface area (Å²) in [5, 5.41) is 78.8. The van der Waals surface area contributed by atoms with Gasteiger partial charge in [-0.1, -0.05) is 148 Å². The van der Waals surface area contributed by atoms with Crippen molar-refractivity contribution in [2.75, 3.05) is 39.5 Å². The van der Waals surface area contributed by atoms with E-state index in [1.165, 1.54) is 121 Å². The molecule has 15 fully saturated rings. The van der Waals surface area contributed by atoms with Gasteiger partial charge in [-0.25, -0.2) is 0 Å². The fourth-order valence-corrected chi connectivity index (χ4v) is 36.3. The third kappa shape index (κ3) is 11.9. The molecule has 15 saturated carbocycles. The maximum atomic E-state index is 11.6. The Kier molecular flexibility index (Phi) is 22.8. The first-order chi connectivity index (χ1) is 51.9.